The largest absolute Gasteiger partial charge is 0.316 e. The van der Waals surface area contributed by atoms with Gasteiger partial charge in [0.1, 0.15) is 0 Å². The average Bonchev–Trinajstić information content (AvgIpc) is 2.87. The lowest BCUT2D eigenvalue weighted by atomic mass is 10.1. The first kappa shape index (κ1) is 10.8. The first-order chi connectivity index (χ1) is 6.95. The van der Waals surface area contributed by atoms with Crippen LogP contribution >= 0.6 is 11.8 Å². The first-order valence-corrected chi connectivity index (χ1v) is 7.12. The van der Waals surface area contributed by atoms with Gasteiger partial charge in [-0.25, -0.2) is 0 Å². The van der Waals surface area contributed by atoms with Gasteiger partial charge in [-0.3, -0.25) is 0 Å². The normalized spacial score (nSPS) is 27.0. The second kappa shape index (κ2) is 5.99. The van der Waals surface area contributed by atoms with Gasteiger partial charge in [0.25, 0.3) is 0 Å². The molecule has 2 aliphatic rings. The van der Waals surface area contributed by atoms with Gasteiger partial charge in [-0.05, 0) is 62.7 Å². The van der Waals surface area contributed by atoms with Crippen LogP contribution in [0, 0.1) is 5.92 Å². The van der Waals surface area contributed by atoms with E-state index in [-0.39, 0.29) is 0 Å². The summed E-state index contributed by atoms with van der Waals surface area (Å²) < 4.78 is 0. The molecule has 0 amide bonds. The van der Waals surface area contributed by atoms with Crippen LogP contribution < -0.4 is 10.6 Å². The van der Waals surface area contributed by atoms with Crippen LogP contribution in [0.5, 0.6) is 0 Å². The minimum atomic E-state index is 0.876. The fraction of sp³-hybridized carbons (Fsp3) is 1.00. The second-order valence-corrected chi connectivity index (χ2v) is 5.67. The second-order valence-electron chi connectivity index (χ2n) is 4.52. The van der Waals surface area contributed by atoms with Crippen molar-refractivity contribution in [1.82, 2.24) is 10.6 Å². The third kappa shape index (κ3) is 4.20. The highest BCUT2D eigenvalue weighted by molar-refractivity contribution is 7.99. The van der Waals surface area contributed by atoms with Crippen LogP contribution in [-0.4, -0.2) is 37.2 Å². The lowest BCUT2D eigenvalue weighted by Gasteiger charge is -2.09. The molecule has 0 aromatic heterocycles. The lowest BCUT2D eigenvalue weighted by molar-refractivity contribution is 0.509. The molecule has 2 N–H and O–H groups in total. The van der Waals surface area contributed by atoms with Gasteiger partial charge in [-0.1, -0.05) is 0 Å². The van der Waals surface area contributed by atoms with E-state index in [0.717, 1.165) is 12.0 Å². The van der Waals surface area contributed by atoms with Crippen molar-refractivity contribution >= 4 is 11.8 Å². The topological polar surface area (TPSA) is 24.1 Å². The van der Waals surface area contributed by atoms with E-state index in [9.17, 15) is 0 Å². The standard InChI is InChI=1S/C11H22N2S/c1(6-13-11-2-3-11)5-12-8-10-4-7-14-9-10/h10-13H,1-9H2. The summed E-state index contributed by atoms with van der Waals surface area (Å²) >= 11 is 2.11. The fourth-order valence-corrected chi connectivity index (χ4v) is 3.14. The van der Waals surface area contributed by atoms with Gasteiger partial charge < -0.3 is 10.6 Å². The van der Waals surface area contributed by atoms with Crippen LogP contribution in [0.3, 0.4) is 0 Å². The quantitative estimate of drug-likeness (QED) is 0.628. The van der Waals surface area contributed by atoms with E-state index in [0.29, 0.717) is 0 Å². The molecule has 0 aromatic rings. The number of thioether (sulfide) groups is 1. The molecule has 14 heavy (non-hydrogen) atoms. The molecule has 1 saturated carbocycles. The van der Waals surface area contributed by atoms with Gasteiger partial charge in [0.15, 0.2) is 0 Å². The Morgan fingerprint density at radius 3 is 2.79 bits per heavy atom. The Bertz CT molecular complexity index is 153. The lowest BCUT2D eigenvalue weighted by Crippen LogP contribution is -2.27. The van der Waals surface area contributed by atoms with E-state index in [1.165, 1.54) is 56.8 Å². The van der Waals surface area contributed by atoms with E-state index in [2.05, 4.69) is 22.4 Å². The summed E-state index contributed by atoms with van der Waals surface area (Å²) in [5.41, 5.74) is 0. The zero-order chi connectivity index (χ0) is 9.64. The molecule has 1 heterocycles. The van der Waals surface area contributed by atoms with Crippen molar-refractivity contribution in [1.29, 1.82) is 0 Å². The van der Waals surface area contributed by atoms with Crippen molar-refractivity contribution < 1.29 is 0 Å². The predicted molar refractivity (Wildman–Crippen MR) is 63.9 cm³/mol. The number of hydrogen-bond donors (Lipinski definition) is 2. The first-order valence-electron chi connectivity index (χ1n) is 5.97. The molecular formula is C11H22N2S. The summed E-state index contributed by atoms with van der Waals surface area (Å²) in [7, 11) is 0. The molecule has 82 valence electrons. The molecule has 2 fully saturated rings. The molecule has 1 atom stereocenters. The van der Waals surface area contributed by atoms with Crippen LogP contribution in [0.4, 0.5) is 0 Å². The van der Waals surface area contributed by atoms with E-state index in [1.807, 2.05) is 0 Å². The van der Waals surface area contributed by atoms with Crippen LogP contribution in [0.1, 0.15) is 25.7 Å². The Labute approximate surface area is 91.6 Å². The monoisotopic (exact) mass is 214 g/mol. The van der Waals surface area contributed by atoms with Gasteiger partial charge >= 0.3 is 0 Å². The fourth-order valence-electron chi connectivity index (χ4n) is 1.86. The Balaban J connectivity index is 1.35. The zero-order valence-corrected chi connectivity index (χ0v) is 9.74. The van der Waals surface area contributed by atoms with E-state index >= 15 is 0 Å². The molecule has 0 bridgehead atoms. The molecule has 1 aliphatic carbocycles. The molecule has 2 rings (SSSR count). The third-order valence-electron chi connectivity index (χ3n) is 3.00. The molecule has 1 aliphatic heterocycles. The summed E-state index contributed by atoms with van der Waals surface area (Å²) in [4.78, 5) is 0. The highest BCUT2D eigenvalue weighted by Gasteiger charge is 2.19. The van der Waals surface area contributed by atoms with Gasteiger partial charge in [0.05, 0.1) is 0 Å². The Morgan fingerprint density at radius 1 is 1.14 bits per heavy atom. The minimum absolute atomic E-state index is 0.876. The van der Waals surface area contributed by atoms with Crippen molar-refractivity contribution in [3.63, 3.8) is 0 Å². The molecule has 1 saturated heterocycles. The smallest absolute Gasteiger partial charge is 0.00682 e. The van der Waals surface area contributed by atoms with E-state index in [1.54, 1.807) is 0 Å². The van der Waals surface area contributed by atoms with Crippen LogP contribution in [0.15, 0.2) is 0 Å². The molecule has 2 nitrogen and oxygen atoms in total. The predicted octanol–water partition coefficient (Wildman–Crippen LogP) is 1.47. The summed E-state index contributed by atoms with van der Waals surface area (Å²) in [5.74, 6) is 3.72. The summed E-state index contributed by atoms with van der Waals surface area (Å²) in [6.07, 6.45) is 5.54. The number of nitrogens with one attached hydrogen (secondary N) is 2. The van der Waals surface area contributed by atoms with Crippen molar-refractivity contribution in [2.24, 2.45) is 5.92 Å². The Kier molecular flexibility index (Phi) is 4.61. The van der Waals surface area contributed by atoms with Crippen molar-refractivity contribution in [3.8, 4) is 0 Å². The highest BCUT2D eigenvalue weighted by atomic mass is 32.2. The van der Waals surface area contributed by atoms with Crippen molar-refractivity contribution in [2.75, 3.05) is 31.1 Å². The van der Waals surface area contributed by atoms with Crippen molar-refractivity contribution in [2.45, 2.75) is 31.7 Å². The SMILES string of the molecule is C(CNCC1CCSC1)CNC1CC1. The molecular weight excluding hydrogens is 192 g/mol. The van der Waals surface area contributed by atoms with Gasteiger partial charge in [-0.2, -0.15) is 11.8 Å². The summed E-state index contributed by atoms with van der Waals surface area (Å²) in [5, 5.41) is 7.11. The van der Waals surface area contributed by atoms with Crippen molar-refractivity contribution in [3.05, 3.63) is 0 Å². The molecule has 0 aromatic carbocycles. The summed E-state index contributed by atoms with van der Waals surface area (Å²) in [6, 6.07) is 0.876. The average molecular weight is 214 g/mol. The third-order valence-corrected chi connectivity index (χ3v) is 4.23. The minimum Gasteiger partial charge on any atom is -0.316 e. The van der Waals surface area contributed by atoms with E-state index in [4.69, 9.17) is 0 Å². The van der Waals surface area contributed by atoms with Crippen LogP contribution in [0.2, 0.25) is 0 Å². The molecule has 1 unspecified atom stereocenters. The zero-order valence-electron chi connectivity index (χ0n) is 8.93. The van der Waals surface area contributed by atoms with E-state index < -0.39 is 0 Å². The maximum absolute atomic E-state index is 3.57. The molecule has 0 spiro atoms. The van der Waals surface area contributed by atoms with Gasteiger partial charge in [-0.15, -0.1) is 0 Å². The highest BCUT2D eigenvalue weighted by Crippen LogP contribution is 2.22. The summed E-state index contributed by atoms with van der Waals surface area (Å²) in [6.45, 7) is 3.65. The maximum atomic E-state index is 3.57. The van der Waals surface area contributed by atoms with Crippen LogP contribution in [0.25, 0.3) is 0 Å². The molecule has 3 heteroatoms. The molecule has 0 radical (unpaired) electrons. The Morgan fingerprint density at radius 2 is 2.07 bits per heavy atom. The number of rotatable bonds is 7. The maximum Gasteiger partial charge on any atom is 0.00682 e. The van der Waals surface area contributed by atoms with Gasteiger partial charge in [0, 0.05) is 6.04 Å². The van der Waals surface area contributed by atoms with Crippen LogP contribution in [-0.2, 0) is 0 Å². The van der Waals surface area contributed by atoms with Gasteiger partial charge in [0.2, 0.25) is 0 Å². The Hall–Kier alpha value is 0.270. The number of hydrogen-bond acceptors (Lipinski definition) is 3.